The summed E-state index contributed by atoms with van der Waals surface area (Å²) in [5.41, 5.74) is -0.903. The van der Waals surface area contributed by atoms with Crippen LogP contribution in [-0.4, -0.2) is 12.5 Å². The van der Waals surface area contributed by atoms with Gasteiger partial charge < -0.3 is 5.32 Å². The molecule has 0 unspecified atom stereocenters. The monoisotopic (exact) mass is 252 g/mol. The minimum atomic E-state index is -0.903. The summed E-state index contributed by atoms with van der Waals surface area (Å²) < 4.78 is 0. The molecule has 3 nitrogen and oxygen atoms in total. The van der Waals surface area contributed by atoms with E-state index in [0.29, 0.717) is 6.54 Å². The highest BCUT2D eigenvalue weighted by Crippen LogP contribution is 2.13. The molecule has 0 atom stereocenters. The van der Waals surface area contributed by atoms with E-state index in [4.69, 9.17) is 5.26 Å². The van der Waals surface area contributed by atoms with Gasteiger partial charge in [-0.05, 0) is 20.3 Å². The van der Waals surface area contributed by atoms with Crippen molar-refractivity contribution in [3.05, 3.63) is 0 Å². The van der Waals surface area contributed by atoms with Crippen LogP contribution in [0.5, 0.6) is 0 Å². The van der Waals surface area contributed by atoms with Gasteiger partial charge in [-0.3, -0.25) is 4.79 Å². The van der Waals surface area contributed by atoms with Crippen molar-refractivity contribution < 1.29 is 4.79 Å². The maximum atomic E-state index is 11.6. The van der Waals surface area contributed by atoms with Gasteiger partial charge in [0.1, 0.15) is 5.41 Å². The van der Waals surface area contributed by atoms with E-state index in [0.717, 1.165) is 6.42 Å². The molecule has 104 valence electrons. The van der Waals surface area contributed by atoms with Crippen LogP contribution in [0.2, 0.25) is 0 Å². The van der Waals surface area contributed by atoms with Crippen molar-refractivity contribution in [2.45, 2.75) is 72.1 Å². The third-order valence-corrected chi connectivity index (χ3v) is 3.16. The molecule has 3 heteroatoms. The largest absolute Gasteiger partial charge is 0.355 e. The zero-order valence-corrected chi connectivity index (χ0v) is 12.2. The van der Waals surface area contributed by atoms with E-state index in [1.165, 1.54) is 44.9 Å². The second-order valence-electron chi connectivity index (χ2n) is 5.47. The molecule has 0 aromatic rings. The van der Waals surface area contributed by atoms with E-state index >= 15 is 0 Å². The summed E-state index contributed by atoms with van der Waals surface area (Å²) in [4.78, 5) is 11.6. The number of nitrogens with one attached hydrogen (secondary N) is 1. The Morgan fingerprint density at radius 2 is 1.56 bits per heavy atom. The van der Waals surface area contributed by atoms with Crippen LogP contribution in [0, 0.1) is 16.7 Å². The molecular formula is C15H28N2O. The first-order valence-corrected chi connectivity index (χ1v) is 7.24. The first-order chi connectivity index (χ1) is 8.54. The van der Waals surface area contributed by atoms with Crippen LogP contribution in [0.1, 0.15) is 72.1 Å². The van der Waals surface area contributed by atoms with Gasteiger partial charge in [0.2, 0.25) is 5.91 Å². The quantitative estimate of drug-likeness (QED) is 0.601. The van der Waals surface area contributed by atoms with Crippen molar-refractivity contribution in [2.24, 2.45) is 5.41 Å². The standard InChI is InChI=1S/C15H28N2O/c1-4-5-6-7-8-9-10-11-12-17-14(18)15(2,3)13-16/h4-12H2,1-3H3,(H,17,18). The van der Waals surface area contributed by atoms with E-state index in [1.54, 1.807) is 13.8 Å². The third-order valence-electron chi connectivity index (χ3n) is 3.16. The van der Waals surface area contributed by atoms with Gasteiger partial charge in [-0.15, -0.1) is 0 Å². The molecule has 0 aliphatic rings. The van der Waals surface area contributed by atoms with Crippen LogP contribution in [0.25, 0.3) is 0 Å². The van der Waals surface area contributed by atoms with E-state index < -0.39 is 5.41 Å². The highest BCUT2D eigenvalue weighted by Gasteiger charge is 2.26. The predicted octanol–water partition coefficient (Wildman–Crippen LogP) is 3.79. The smallest absolute Gasteiger partial charge is 0.239 e. The molecule has 0 aromatic heterocycles. The number of amides is 1. The topological polar surface area (TPSA) is 52.9 Å². The third kappa shape index (κ3) is 8.11. The molecule has 1 N–H and O–H groups in total. The lowest BCUT2D eigenvalue weighted by atomic mass is 9.95. The summed E-state index contributed by atoms with van der Waals surface area (Å²) in [5.74, 6) is -0.159. The van der Waals surface area contributed by atoms with E-state index in [2.05, 4.69) is 12.2 Å². The van der Waals surface area contributed by atoms with Crippen LogP contribution < -0.4 is 5.32 Å². The van der Waals surface area contributed by atoms with Gasteiger partial charge in [0.15, 0.2) is 0 Å². The molecule has 0 rings (SSSR count). The Morgan fingerprint density at radius 1 is 1.06 bits per heavy atom. The number of nitrogens with zero attached hydrogens (tertiary/aromatic N) is 1. The molecule has 0 fully saturated rings. The molecule has 0 aliphatic heterocycles. The lowest BCUT2D eigenvalue weighted by molar-refractivity contribution is -0.126. The molecule has 18 heavy (non-hydrogen) atoms. The predicted molar refractivity (Wildman–Crippen MR) is 75.0 cm³/mol. The molecule has 0 saturated carbocycles. The molecule has 0 heterocycles. The lowest BCUT2D eigenvalue weighted by Crippen LogP contribution is -2.36. The Balaban J connectivity index is 3.36. The SMILES string of the molecule is CCCCCCCCCCNC(=O)C(C)(C)C#N. The molecule has 0 saturated heterocycles. The Bertz CT molecular complexity index is 266. The van der Waals surface area contributed by atoms with Crippen molar-refractivity contribution in [3.63, 3.8) is 0 Å². The van der Waals surface area contributed by atoms with Gasteiger partial charge in [-0.25, -0.2) is 0 Å². The summed E-state index contributed by atoms with van der Waals surface area (Å²) in [6.45, 7) is 6.22. The maximum Gasteiger partial charge on any atom is 0.239 e. The Labute approximate surface area is 112 Å². The van der Waals surface area contributed by atoms with E-state index in [1.807, 2.05) is 6.07 Å². The maximum absolute atomic E-state index is 11.6. The summed E-state index contributed by atoms with van der Waals surface area (Å²) in [5, 5.41) is 11.6. The second-order valence-corrected chi connectivity index (χ2v) is 5.47. The lowest BCUT2D eigenvalue weighted by Gasteiger charge is -2.14. The van der Waals surface area contributed by atoms with Gasteiger partial charge >= 0.3 is 0 Å². The van der Waals surface area contributed by atoms with E-state index in [9.17, 15) is 4.79 Å². The van der Waals surface area contributed by atoms with Crippen LogP contribution in [0.15, 0.2) is 0 Å². The average Bonchev–Trinajstić information content (AvgIpc) is 2.36. The molecule has 0 radical (unpaired) electrons. The summed E-state index contributed by atoms with van der Waals surface area (Å²) in [7, 11) is 0. The number of rotatable bonds is 10. The van der Waals surface area contributed by atoms with Gasteiger partial charge in [0, 0.05) is 6.54 Å². The number of hydrogen-bond acceptors (Lipinski definition) is 2. The fourth-order valence-electron chi connectivity index (χ4n) is 1.73. The van der Waals surface area contributed by atoms with Crippen LogP contribution in [0.3, 0.4) is 0 Å². The van der Waals surface area contributed by atoms with E-state index in [-0.39, 0.29) is 5.91 Å². The molecule has 0 spiro atoms. The normalized spacial score (nSPS) is 11.0. The van der Waals surface area contributed by atoms with Crippen molar-refractivity contribution in [2.75, 3.05) is 6.54 Å². The van der Waals surface area contributed by atoms with Gasteiger partial charge in [-0.1, -0.05) is 51.9 Å². The molecule has 1 amide bonds. The minimum absolute atomic E-state index is 0.159. The fourth-order valence-corrected chi connectivity index (χ4v) is 1.73. The Kier molecular flexibility index (Phi) is 9.36. The molecule has 0 aromatic carbocycles. The van der Waals surface area contributed by atoms with Gasteiger partial charge in [0.05, 0.1) is 6.07 Å². The zero-order chi connectivity index (χ0) is 13.9. The fraction of sp³-hybridized carbons (Fsp3) is 0.867. The van der Waals surface area contributed by atoms with Crippen molar-refractivity contribution in [3.8, 4) is 6.07 Å². The average molecular weight is 252 g/mol. The van der Waals surface area contributed by atoms with Crippen LogP contribution in [0.4, 0.5) is 0 Å². The number of hydrogen-bond donors (Lipinski definition) is 1. The van der Waals surface area contributed by atoms with Crippen molar-refractivity contribution in [1.82, 2.24) is 5.32 Å². The highest BCUT2D eigenvalue weighted by molar-refractivity contribution is 5.84. The highest BCUT2D eigenvalue weighted by atomic mass is 16.2. The molecular weight excluding hydrogens is 224 g/mol. The first kappa shape index (κ1) is 17.0. The number of carbonyl (C=O) groups excluding carboxylic acids is 1. The van der Waals surface area contributed by atoms with Crippen molar-refractivity contribution in [1.29, 1.82) is 5.26 Å². The molecule has 0 bridgehead atoms. The summed E-state index contributed by atoms with van der Waals surface area (Å²) in [6, 6.07) is 2.01. The Morgan fingerprint density at radius 3 is 2.06 bits per heavy atom. The zero-order valence-electron chi connectivity index (χ0n) is 12.2. The second kappa shape index (κ2) is 9.94. The number of unbranched alkanes of at least 4 members (excludes halogenated alkanes) is 7. The summed E-state index contributed by atoms with van der Waals surface area (Å²) in [6.07, 6.45) is 10.1. The molecule has 0 aliphatic carbocycles. The van der Waals surface area contributed by atoms with Crippen LogP contribution >= 0.6 is 0 Å². The van der Waals surface area contributed by atoms with Gasteiger partial charge in [-0.2, -0.15) is 5.26 Å². The first-order valence-electron chi connectivity index (χ1n) is 7.24. The van der Waals surface area contributed by atoms with Gasteiger partial charge in [0.25, 0.3) is 0 Å². The van der Waals surface area contributed by atoms with Crippen LogP contribution in [-0.2, 0) is 4.79 Å². The Hall–Kier alpha value is -1.04. The summed E-state index contributed by atoms with van der Waals surface area (Å²) >= 11 is 0. The van der Waals surface area contributed by atoms with Crippen molar-refractivity contribution >= 4 is 5.91 Å². The minimum Gasteiger partial charge on any atom is -0.355 e. The number of nitriles is 1. The number of carbonyl (C=O) groups is 1.